The molecule has 5 nitrogen and oxygen atoms in total. The lowest BCUT2D eigenvalue weighted by atomic mass is 9.92. The van der Waals surface area contributed by atoms with Crippen molar-refractivity contribution in [2.75, 3.05) is 32.7 Å². The molecule has 5 heteroatoms. The van der Waals surface area contributed by atoms with E-state index in [4.69, 9.17) is 0 Å². The van der Waals surface area contributed by atoms with E-state index >= 15 is 0 Å². The predicted octanol–water partition coefficient (Wildman–Crippen LogP) is 2.73. The molecule has 1 N–H and O–H groups in total. The summed E-state index contributed by atoms with van der Waals surface area (Å²) in [7, 11) is 0. The van der Waals surface area contributed by atoms with Crippen LogP contribution in [0.3, 0.4) is 0 Å². The Morgan fingerprint density at radius 2 is 1.88 bits per heavy atom. The number of aryl methyl sites for hydroxylation is 1. The van der Waals surface area contributed by atoms with Gasteiger partial charge in [-0.25, -0.2) is 0 Å². The van der Waals surface area contributed by atoms with E-state index in [1.165, 1.54) is 24.1 Å². The summed E-state index contributed by atoms with van der Waals surface area (Å²) in [6.45, 7) is 6.76. The fourth-order valence-corrected chi connectivity index (χ4v) is 4.02. The van der Waals surface area contributed by atoms with E-state index in [1.807, 2.05) is 29.2 Å². The Balaban J connectivity index is 1.64. The maximum atomic E-state index is 13.1. The molecule has 1 aromatic carbocycles. The van der Waals surface area contributed by atoms with E-state index in [-0.39, 0.29) is 5.91 Å². The Hall–Kier alpha value is -2.14. The number of nitrogens with one attached hydrogen (secondary N) is 1. The van der Waals surface area contributed by atoms with Gasteiger partial charge in [-0.05, 0) is 38.3 Å². The molecule has 0 bridgehead atoms. The van der Waals surface area contributed by atoms with Crippen LogP contribution < -0.4 is 0 Å². The molecule has 1 aromatic heterocycles. The first-order valence-electron chi connectivity index (χ1n) is 9.45. The number of fused-ring (bicyclic) bond motifs is 1. The molecule has 132 valence electrons. The third-order valence-corrected chi connectivity index (χ3v) is 5.58. The number of likely N-dealkylation sites (N-methyl/N-ethyl adjacent to an activating group) is 1. The standard InChI is InChI=1S/C20H26N4O/c1-2-23-11-13-24(14-12-23)20(25)16-8-4-3-7-15(16)19-17-9-5-6-10-18(17)21-22-19/h3-4,7-8H,2,5-6,9-14H2,1H3,(H,21,22). The van der Waals surface area contributed by atoms with Gasteiger partial charge in [0.1, 0.15) is 0 Å². The zero-order valence-corrected chi connectivity index (χ0v) is 14.9. The Labute approximate surface area is 149 Å². The molecule has 25 heavy (non-hydrogen) atoms. The number of aromatic nitrogens is 2. The highest BCUT2D eigenvalue weighted by molar-refractivity contribution is 6.00. The molecule has 2 aliphatic rings. The summed E-state index contributed by atoms with van der Waals surface area (Å²) in [5.74, 6) is 0.138. The molecule has 1 fully saturated rings. The fourth-order valence-electron chi connectivity index (χ4n) is 4.02. The van der Waals surface area contributed by atoms with E-state index in [0.29, 0.717) is 0 Å². The summed E-state index contributed by atoms with van der Waals surface area (Å²) in [5, 5.41) is 7.78. The van der Waals surface area contributed by atoms with E-state index in [1.54, 1.807) is 0 Å². The number of amides is 1. The number of hydrogen-bond acceptors (Lipinski definition) is 3. The fraction of sp³-hybridized carbons (Fsp3) is 0.500. The van der Waals surface area contributed by atoms with Gasteiger partial charge in [0.05, 0.1) is 5.69 Å². The second kappa shape index (κ2) is 7.00. The number of nitrogens with zero attached hydrogens (tertiary/aromatic N) is 3. The highest BCUT2D eigenvalue weighted by atomic mass is 16.2. The van der Waals surface area contributed by atoms with Gasteiger partial charge in [0.15, 0.2) is 0 Å². The molecule has 2 aromatic rings. The second-order valence-corrected chi connectivity index (χ2v) is 7.01. The SMILES string of the molecule is CCN1CCN(C(=O)c2ccccc2-c2n[nH]c3c2CCCC3)CC1. The minimum atomic E-state index is 0.138. The van der Waals surface area contributed by atoms with Crippen molar-refractivity contribution in [3.8, 4) is 11.3 Å². The van der Waals surface area contributed by atoms with Crippen LogP contribution >= 0.6 is 0 Å². The third-order valence-electron chi connectivity index (χ3n) is 5.58. The van der Waals surface area contributed by atoms with Gasteiger partial charge in [0, 0.05) is 48.6 Å². The van der Waals surface area contributed by atoms with Crippen molar-refractivity contribution >= 4 is 5.91 Å². The Morgan fingerprint density at radius 3 is 2.68 bits per heavy atom. The van der Waals surface area contributed by atoms with Crippen molar-refractivity contribution in [2.45, 2.75) is 32.6 Å². The van der Waals surface area contributed by atoms with Crippen LogP contribution in [0, 0.1) is 0 Å². The minimum absolute atomic E-state index is 0.138. The van der Waals surface area contributed by atoms with E-state index in [2.05, 4.69) is 22.0 Å². The highest BCUT2D eigenvalue weighted by Gasteiger charge is 2.26. The molecule has 1 aliphatic heterocycles. The van der Waals surface area contributed by atoms with Crippen molar-refractivity contribution in [2.24, 2.45) is 0 Å². The largest absolute Gasteiger partial charge is 0.336 e. The van der Waals surface area contributed by atoms with E-state index in [9.17, 15) is 4.79 Å². The third kappa shape index (κ3) is 3.09. The summed E-state index contributed by atoms with van der Waals surface area (Å²) in [4.78, 5) is 17.5. The van der Waals surface area contributed by atoms with Gasteiger partial charge in [-0.1, -0.05) is 25.1 Å². The molecule has 1 amide bonds. The lowest BCUT2D eigenvalue weighted by Crippen LogP contribution is -2.48. The van der Waals surface area contributed by atoms with Crippen LogP contribution in [0.5, 0.6) is 0 Å². The van der Waals surface area contributed by atoms with Crippen molar-refractivity contribution in [1.29, 1.82) is 0 Å². The lowest BCUT2D eigenvalue weighted by Gasteiger charge is -2.34. The smallest absolute Gasteiger partial charge is 0.254 e. The Bertz CT molecular complexity index is 759. The number of H-pyrrole nitrogens is 1. The van der Waals surface area contributed by atoms with Crippen LogP contribution in [-0.4, -0.2) is 58.6 Å². The van der Waals surface area contributed by atoms with Gasteiger partial charge < -0.3 is 9.80 Å². The van der Waals surface area contributed by atoms with Crippen molar-refractivity contribution in [3.63, 3.8) is 0 Å². The first-order chi connectivity index (χ1) is 12.3. The number of benzene rings is 1. The van der Waals surface area contributed by atoms with Crippen molar-refractivity contribution < 1.29 is 4.79 Å². The normalized spacial score (nSPS) is 18.2. The quantitative estimate of drug-likeness (QED) is 0.936. The zero-order chi connectivity index (χ0) is 17.2. The van der Waals surface area contributed by atoms with E-state index in [0.717, 1.165) is 62.4 Å². The maximum Gasteiger partial charge on any atom is 0.254 e. The number of carbonyl (C=O) groups is 1. The molecule has 2 heterocycles. The first-order valence-corrected chi connectivity index (χ1v) is 9.45. The maximum absolute atomic E-state index is 13.1. The molecule has 0 radical (unpaired) electrons. The number of aromatic amines is 1. The van der Waals surface area contributed by atoms with Gasteiger partial charge in [0.25, 0.3) is 5.91 Å². The zero-order valence-electron chi connectivity index (χ0n) is 14.9. The van der Waals surface area contributed by atoms with Gasteiger partial charge in [-0.3, -0.25) is 9.89 Å². The van der Waals surface area contributed by atoms with Crippen LogP contribution in [0.1, 0.15) is 41.4 Å². The molecule has 1 aliphatic carbocycles. The van der Waals surface area contributed by atoms with Gasteiger partial charge >= 0.3 is 0 Å². The van der Waals surface area contributed by atoms with Crippen LogP contribution in [0.25, 0.3) is 11.3 Å². The molecule has 0 spiro atoms. The van der Waals surface area contributed by atoms with Gasteiger partial charge in [-0.15, -0.1) is 0 Å². The highest BCUT2D eigenvalue weighted by Crippen LogP contribution is 2.32. The van der Waals surface area contributed by atoms with Crippen LogP contribution in [0.2, 0.25) is 0 Å². The topological polar surface area (TPSA) is 52.2 Å². The van der Waals surface area contributed by atoms with Crippen LogP contribution in [0.15, 0.2) is 24.3 Å². The Morgan fingerprint density at radius 1 is 1.12 bits per heavy atom. The van der Waals surface area contributed by atoms with E-state index < -0.39 is 0 Å². The number of rotatable bonds is 3. The first kappa shape index (κ1) is 16.3. The number of piperazine rings is 1. The minimum Gasteiger partial charge on any atom is -0.336 e. The summed E-state index contributed by atoms with van der Waals surface area (Å²) in [6.07, 6.45) is 4.54. The summed E-state index contributed by atoms with van der Waals surface area (Å²) in [6, 6.07) is 7.96. The molecule has 0 atom stereocenters. The molecule has 0 saturated carbocycles. The number of hydrogen-bond donors (Lipinski definition) is 1. The monoisotopic (exact) mass is 338 g/mol. The molecular weight excluding hydrogens is 312 g/mol. The molecule has 1 saturated heterocycles. The lowest BCUT2D eigenvalue weighted by molar-refractivity contribution is 0.0644. The number of carbonyl (C=O) groups excluding carboxylic acids is 1. The van der Waals surface area contributed by atoms with Crippen molar-refractivity contribution in [3.05, 3.63) is 41.1 Å². The summed E-state index contributed by atoms with van der Waals surface area (Å²) < 4.78 is 0. The van der Waals surface area contributed by atoms with Gasteiger partial charge in [0.2, 0.25) is 0 Å². The molecular formula is C20H26N4O. The average molecular weight is 338 g/mol. The van der Waals surface area contributed by atoms with Crippen LogP contribution in [-0.2, 0) is 12.8 Å². The van der Waals surface area contributed by atoms with Crippen LogP contribution in [0.4, 0.5) is 0 Å². The van der Waals surface area contributed by atoms with Gasteiger partial charge in [-0.2, -0.15) is 5.10 Å². The molecule has 0 unspecified atom stereocenters. The Kier molecular flexibility index (Phi) is 4.57. The average Bonchev–Trinajstić information content (AvgIpc) is 3.11. The summed E-state index contributed by atoms with van der Waals surface area (Å²) in [5.41, 5.74) is 5.30. The second-order valence-electron chi connectivity index (χ2n) is 7.01. The van der Waals surface area contributed by atoms with Crippen molar-refractivity contribution in [1.82, 2.24) is 20.0 Å². The predicted molar refractivity (Wildman–Crippen MR) is 98.7 cm³/mol. The molecule has 4 rings (SSSR count). The summed E-state index contributed by atoms with van der Waals surface area (Å²) >= 11 is 0.